The Kier molecular flexibility index (Phi) is 4.38. The van der Waals surface area contributed by atoms with E-state index < -0.39 is 0 Å². The normalized spacial score (nSPS) is 16.1. The Bertz CT molecular complexity index is 944. The molecule has 1 saturated heterocycles. The molecule has 1 atom stereocenters. The number of hydrogen-bond acceptors (Lipinski definition) is 5. The number of amides is 1. The summed E-state index contributed by atoms with van der Waals surface area (Å²) < 4.78 is 1.75. The molecule has 0 bridgehead atoms. The smallest absolute Gasteiger partial charge is 0.242 e. The summed E-state index contributed by atoms with van der Waals surface area (Å²) >= 11 is 0. The highest BCUT2D eigenvalue weighted by molar-refractivity contribution is 5.96. The second-order valence-corrected chi connectivity index (χ2v) is 6.80. The first kappa shape index (κ1) is 16.7. The standard InChI is InChI=1S/C19H22N6O/c1-13(25-5-3-4-6-25)19(26)23-18-8-14-7-17(16-11-22-24(2)12-16)20-9-15(14)10-21-18/h7-13H,3-6H2,1-2H3,(H,21,23,26)/t13-/m1/s1. The van der Waals surface area contributed by atoms with Gasteiger partial charge in [0, 0.05) is 36.6 Å². The van der Waals surface area contributed by atoms with Crippen molar-refractivity contribution in [3.63, 3.8) is 0 Å². The van der Waals surface area contributed by atoms with Gasteiger partial charge < -0.3 is 5.32 Å². The molecule has 0 unspecified atom stereocenters. The molecule has 3 aromatic rings. The zero-order chi connectivity index (χ0) is 18.1. The summed E-state index contributed by atoms with van der Waals surface area (Å²) in [5.74, 6) is 0.553. The van der Waals surface area contributed by atoms with Gasteiger partial charge in [-0.2, -0.15) is 5.10 Å². The number of nitrogens with zero attached hydrogens (tertiary/aromatic N) is 5. The predicted molar refractivity (Wildman–Crippen MR) is 101 cm³/mol. The molecule has 0 spiro atoms. The lowest BCUT2D eigenvalue weighted by Crippen LogP contribution is -2.40. The van der Waals surface area contributed by atoms with E-state index in [9.17, 15) is 4.79 Å². The number of rotatable bonds is 4. The highest BCUT2D eigenvalue weighted by Gasteiger charge is 2.24. The first-order valence-corrected chi connectivity index (χ1v) is 8.90. The molecule has 1 N–H and O–H groups in total. The largest absolute Gasteiger partial charge is 0.309 e. The molecule has 3 aromatic heterocycles. The number of anilines is 1. The topological polar surface area (TPSA) is 75.9 Å². The van der Waals surface area contributed by atoms with Gasteiger partial charge in [0.15, 0.2) is 0 Å². The molecule has 0 aromatic carbocycles. The first-order chi connectivity index (χ1) is 12.6. The van der Waals surface area contributed by atoms with Crippen LogP contribution in [-0.4, -0.2) is 49.7 Å². The Morgan fingerprint density at radius 2 is 1.88 bits per heavy atom. The van der Waals surface area contributed by atoms with Gasteiger partial charge >= 0.3 is 0 Å². The van der Waals surface area contributed by atoms with Crippen LogP contribution in [0.1, 0.15) is 19.8 Å². The zero-order valence-electron chi connectivity index (χ0n) is 15.0. The van der Waals surface area contributed by atoms with Gasteiger partial charge in [-0.25, -0.2) is 4.98 Å². The number of aryl methyl sites for hydroxylation is 1. The maximum absolute atomic E-state index is 12.5. The van der Waals surface area contributed by atoms with Crippen LogP contribution in [0.3, 0.4) is 0 Å². The third-order valence-corrected chi connectivity index (χ3v) is 4.92. The molecule has 0 saturated carbocycles. The highest BCUT2D eigenvalue weighted by atomic mass is 16.2. The zero-order valence-corrected chi connectivity index (χ0v) is 15.0. The lowest BCUT2D eigenvalue weighted by atomic mass is 10.1. The fourth-order valence-corrected chi connectivity index (χ4v) is 3.34. The van der Waals surface area contributed by atoms with Crippen LogP contribution in [0.5, 0.6) is 0 Å². The fraction of sp³-hybridized carbons (Fsp3) is 0.368. The third kappa shape index (κ3) is 3.30. The molecule has 0 radical (unpaired) electrons. The molecule has 1 fully saturated rings. The Morgan fingerprint density at radius 1 is 1.12 bits per heavy atom. The molecule has 4 rings (SSSR count). The van der Waals surface area contributed by atoms with Crippen molar-refractivity contribution in [3.8, 4) is 11.3 Å². The summed E-state index contributed by atoms with van der Waals surface area (Å²) in [5, 5.41) is 9.05. The van der Waals surface area contributed by atoms with Crippen molar-refractivity contribution in [2.24, 2.45) is 7.05 Å². The lowest BCUT2D eigenvalue weighted by Gasteiger charge is -2.22. The van der Waals surface area contributed by atoms with Crippen molar-refractivity contribution >= 4 is 22.5 Å². The van der Waals surface area contributed by atoms with Crippen molar-refractivity contribution in [2.75, 3.05) is 18.4 Å². The van der Waals surface area contributed by atoms with Gasteiger partial charge in [0.1, 0.15) is 5.82 Å². The molecule has 26 heavy (non-hydrogen) atoms. The molecule has 7 nitrogen and oxygen atoms in total. The van der Waals surface area contributed by atoms with E-state index in [2.05, 4.69) is 25.3 Å². The lowest BCUT2D eigenvalue weighted by molar-refractivity contribution is -0.120. The van der Waals surface area contributed by atoms with Crippen molar-refractivity contribution in [1.82, 2.24) is 24.6 Å². The number of likely N-dealkylation sites (tertiary alicyclic amines) is 1. The number of pyridine rings is 2. The quantitative estimate of drug-likeness (QED) is 0.782. The van der Waals surface area contributed by atoms with Crippen LogP contribution in [0.2, 0.25) is 0 Å². The van der Waals surface area contributed by atoms with Crippen LogP contribution in [0.4, 0.5) is 5.82 Å². The van der Waals surface area contributed by atoms with E-state index in [1.165, 1.54) is 0 Å². The molecule has 1 aliphatic heterocycles. The van der Waals surface area contributed by atoms with Gasteiger partial charge in [0.05, 0.1) is 17.9 Å². The fourth-order valence-electron chi connectivity index (χ4n) is 3.34. The van der Waals surface area contributed by atoms with Gasteiger partial charge in [0.25, 0.3) is 0 Å². The van der Waals surface area contributed by atoms with E-state index in [0.717, 1.165) is 48.0 Å². The number of fused-ring (bicyclic) bond motifs is 1. The molecule has 0 aliphatic carbocycles. The minimum atomic E-state index is -0.140. The van der Waals surface area contributed by atoms with Crippen molar-refractivity contribution in [1.29, 1.82) is 0 Å². The van der Waals surface area contributed by atoms with Crippen LogP contribution in [0.25, 0.3) is 22.0 Å². The summed E-state index contributed by atoms with van der Waals surface area (Å²) in [5.41, 5.74) is 1.80. The number of aromatic nitrogens is 4. The Hall–Kier alpha value is -2.80. The van der Waals surface area contributed by atoms with Crippen molar-refractivity contribution in [2.45, 2.75) is 25.8 Å². The summed E-state index contributed by atoms with van der Waals surface area (Å²) in [4.78, 5) is 23.5. The second-order valence-electron chi connectivity index (χ2n) is 6.80. The summed E-state index contributed by atoms with van der Waals surface area (Å²) in [6.45, 7) is 3.92. The van der Waals surface area contributed by atoms with E-state index in [4.69, 9.17) is 0 Å². The van der Waals surface area contributed by atoms with E-state index >= 15 is 0 Å². The van der Waals surface area contributed by atoms with E-state index in [1.807, 2.05) is 32.3 Å². The summed E-state index contributed by atoms with van der Waals surface area (Å²) in [6.07, 6.45) is 9.58. The van der Waals surface area contributed by atoms with Gasteiger partial charge in [0.2, 0.25) is 5.91 Å². The number of carbonyl (C=O) groups excluding carboxylic acids is 1. The highest BCUT2D eigenvalue weighted by Crippen LogP contribution is 2.23. The number of hydrogen-bond donors (Lipinski definition) is 1. The third-order valence-electron chi connectivity index (χ3n) is 4.92. The molecule has 1 aliphatic rings. The molecule has 134 valence electrons. The average Bonchev–Trinajstić information content (AvgIpc) is 3.32. The van der Waals surface area contributed by atoms with E-state index in [1.54, 1.807) is 23.3 Å². The Labute approximate surface area is 152 Å². The van der Waals surface area contributed by atoms with Crippen molar-refractivity contribution in [3.05, 3.63) is 36.9 Å². The van der Waals surface area contributed by atoms with Crippen LogP contribution in [0, 0.1) is 0 Å². The second kappa shape index (κ2) is 6.84. The van der Waals surface area contributed by atoms with Crippen LogP contribution in [-0.2, 0) is 11.8 Å². The van der Waals surface area contributed by atoms with Crippen LogP contribution >= 0.6 is 0 Å². The van der Waals surface area contributed by atoms with Crippen molar-refractivity contribution < 1.29 is 4.79 Å². The molecule has 7 heteroatoms. The van der Waals surface area contributed by atoms with Gasteiger partial charge in [-0.3, -0.25) is 19.4 Å². The molecular weight excluding hydrogens is 328 g/mol. The van der Waals surface area contributed by atoms with Gasteiger partial charge in [-0.05, 0) is 50.4 Å². The van der Waals surface area contributed by atoms with E-state index in [0.29, 0.717) is 5.82 Å². The molecule has 1 amide bonds. The van der Waals surface area contributed by atoms with Gasteiger partial charge in [-0.1, -0.05) is 0 Å². The maximum atomic E-state index is 12.5. The van der Waals surface area contributed by atoms with Crippen LogP contribution in [0.15, 0.2) is 36.9 Å². The average molecular weight is 350 g/mol. The molecule has 4 heterocycles. The summed E-state index contributed by atoms with van der Waals surface area (Å²) in [7, 11) is 1.88. The molecular formula is C19H22N6O. The summed E-state index contributed by atoms with van der Waals surface area (Å²) in [6, 6.07) is 3.75. The van der Waals surface area contributed by atoms with Gasteiger partial charge in [-0.15, -0.1) is 0 Å². The van der Waals surface area contributed by atoms with Crippen LogP contribution < -0.4 is 5.32 Å². The number of nitrogens with one attached hydrogen (secondary N) is 1. The SMILES string of the molecule is C[C@H](C(=O)Nc1cc2cc(-c3cnn(C)c3)ncc2cn1)N1CCCC1. The maximum Gasteiger partial charge on any atom is 0.242 e. The minimum Gasteiger partial charge on any atom is -0.309 e. The van der Waals surface area contributed by atoms with E-state index in [-0.39, 0.29) is 11.9 Å². The first-order valence-electron chi connectivity index (χ1n) is 8.90. The Morgan fingerprint density at radius 3 is 2.62 bits per heavy atom. The predicted octanol–water partition coefficient (Wildman–Crippen LogP) is 2.45. The Balaban J connectivity index is 1.57. The minimum absolute atomic E-state index is 0.0136. The monoisotopic (exact) mass is 350 g/mol. The number of carbonyl (C=O) groups is 1.